The average molecular weight is 196 g/mol. The normalized spacial score (nSPS) is 35.0. The molecule has 0 aromatic rings. The fourth-order valence-corrected chi connectivity index (χ4v) is 1.64. The van der Waals surface area contributed by atoms with E-state index >= 15 is 0 Å². The van der Waals surface area contributed by atoms with Crippen molar-refractivity contribution in [2.45, 2.75) is 32.2 Å². The lowest BCUT2D eigenvalue weighted by molar-refractivity contribution is -0.0314. The van der Waals surface area contributed by atoms with Crippen LogP contribution in [0.5, 0.6) is 0 Å². The molecule has 1 fully saturated rings. The monoisotopic (exact) mass is 196 g/mol. The average Bonchev–Trinajstić information content (AvgIpc) is 2.63. The Balaban J connectivity index is 1.79. The third-order valence-corrected chi connectivity index (χ3v) is 2.50. The molecule has 1 unspecified atom stereocenters. The summed E-state index contributed by atoms with van der Waals surface area (Å²) < 4.78 is 16.4. The van der Waals surface area contributed by atoms with E-state index in [2.05, 4.69) is 12.7 Å². The van der Waals surface area contributed by atoms with Crippen molar-refractivity contribution in [3.8, 4) is 0 Å². The molecule has 78 valence electrons. The third-order valence-electron chi connectivity index (χ3n) is 2.50. The maximum absolute atomic E-state index is 5.62. The zero-order valence-electron chi connectivity index (χ0n) is 8.71. The first-order valence-electron chi connectivity index (χ1n) is 4.91. The van der Waals surface area contributed by atoms with Gasteiger partial charge in [-0.25, -0.2) is 0 Å². The van der Waals surface area contributed by atoms with Crippen LogP contribution in [0.1, 0.15) is 20.3 Å². The summed E-state index contributed by atoms with van der Waals surface area (Å²) in [6, 6.07) is 0. The van der Waals surface area contributed by atoms with Crippen molar-refractivity contribution < 1.29 is 14.2 Å². The predicted octanol–water partition coefficient (Wildman–Crippen LogP) is 2.00. The van der Waals surface area contributed by atoms with E-state index in [0.29, 0.717) is 6.61 Å². The molecule has 0 aromatic heterocycles. The van der Waals surface area contributed by atoms with E-state index in [1.54, 1.807) is 0 Å². The summed E-state index contributed by atoms with van der Waals surface area (Å²) in [5.41, 5.74) is 1.01. The summed E-state index contributed by atoms with van der Waals surface area (Å²) in [4.78, 5) is 0. The van der Waals surface area contributed by atoms with Crippen LogP contribution in [0.4, 0.5) is 0 Å². The molecule has 2 rings (SSSR count). The second kappa shape index (κ2) is 3.41. The van der Waals surface area contributed by atoms with Crippen LogP contribution in [0, 0.1) is 0 Å². The Kier molecular flexibility index (Phi) is 2.37. The molecule has 2 aliphatic rings. The van der Waals surface area contributed by atoms with Crippen LogP contribution in [0.2, 0.25) is 0 Å². The van der Waals surface area contributed by atoms with E-state index in [9.17, 15) is 0 Å². The zero-order chi connectivity index (χ0) is 10.2. The van der Waals surface area contributed by atoms with Crippen molar-refractivity contribution in [3.63, 3.8) is 0 Å². The molecular weight excluding hydrogens is 180 g/mol. The van der Waals surface area contributed by atoms with Crippen molar-refractivity contribution in [2.75, 3.05) is 13.2 Å². The highest BCUT2D eigenvalue weighted by molar-refractivity contribution is 5.13. The smallest absolute Gasteiger partial charge is 0.197 e. The van der Waals surface area contributed by atoms with Crippen molar-refractivity contribution >= 4 is 0 Å². The molecule has 0 radical (unpaired) electrons. The van der Waals surface area contributed by atoms with E-state index in [-0.39, 0.29) is 6.10 Å². The molecule has 3 nitrogen and oxygen atoms in total. The third kappa shape index (κ3) is 1.83. The molecule has 0 saturated carbocycles. The molecule has 3 heteroatoms. The van der Waals surface area contributed by atoms with Gasteiger partial charge in [-0.05, 0) is 25.5 Å². The van der Waals surface area contributed by atoms with Crippen LogP contribution in [0.25, 0.3) is 0 Å². The van der Waals surface area contributed by atoms with E-state index in [1.165, 1.54) is 0 Å². The quantitative estimate of drug-likeness (QED) is 0.509. The van der Waals surface area contributed by atoms with Crippen LogP contribution in [0.15, 0.2) is 24.0 Å². The van der Waals surface area contributed by atoms with Crippen LogP contribution < -0.4 is 0 Å². The highest BCUT2D eigenvalue weighted by Crippen LogP contribution is 2.41. The van der Waals surface area contributed by atoms with Gasteiger partial charge >= 0.3 is 0 Å². The second-order valence-corrected chi connectivity index (χ2v) is 3.96. The number of hydrogen-bond acceptors (Lipinski definition) is 3. The molecule has 0 N–H and O–H groups in total. The Morgan fingerprint density at radius 1 is 1.79 bits per heavy atom. The first-order chi connectivity index (χ1) is 6.62. The summed E-state index contributed by atoms with van der Waals surface area (Å²) in [6.45, 7) is 9.00. The molecule has 0 amide bonds. The van der Waals surface area contributed by atoms with Gasteiger partial charge in [0.05, 0.1) is 6.61 Å². The predicted molar refractivity (Wildman–Crippen MR) is 52.7 cm³/mol. The standard InChI is InChI=1S/C11H16O3/c1-8(2)10-11(3,14-10)13-7-9-5-4-6-12-9/h5,10H,1,4,6-7H2,2-3H3/t10?,11-/m1/s1. The van der Waals surface area contributed by atoms with Gasteiger partial charge in [-0.15, -0.1) is 0 Å². The van der Waals surface area contributed by atoms with E-state index in [0.717, 1.165) is 24.4 Å². The molecule has 1 saturated heterocycles. The van der Waals surface area contributed by atoms with Crippen molar-refractivity contribution in [1.82, 2.24) is 0 Å². The van der Waals surface area contributed by atoms with Gasteiger partial charge in [0.15, 0.2) is 5.79 Å². The minimum atomic E-state index is -0.474. The fourth-order valence-electron chi connectivity index (χ4n) is 1.64. The van der Waals surface area contributed by atoms with Gasteiger partial charge in [-0.1, -0.05) is 6.58 Å². The van der Waals surface area contributed by atoms with E-state index in [1.807, 2.05) is 13.8 Å². The van der Waals surface area contributed by atoms with Gasteiger partial charge < -0.3 is 14.2 Å². The fraction of sp³-hybridized carbons (Fsp3) is 0.636. The summed E-state index contributed by atoms with van der Waals surface area (Å²) in [7, 11) is 0. The molecule has 0 bridgehead atoms. The maximum atomic E-state index is 5.62. The topological polar surface area (TPSA) is 31.0 Å². The highest BCUT2D eigenvalue weighted by Gasteiger charge is 2.54. The number of hydrogen-bond donors (Lipinski definition) is 0. The SMILES string of the molecule is C=C(C)C1O[C@@]1(C)OCC1=CCCO1. The first kappa shape index (κ1) is 9.74. The van der Waals surface area contributed by atoms with Gasteiger partial charge in [-0.3, -0.25) is 0 Å². The summed E-state index contributed by atoms with van der Waals surface area (Å²) >= 11 is 0. The molecule has 2 atom stereocenters. The molecule has 2 aliphatic heterocycles. The van der Waals surface area contributed by atoms with Crippen LogP contribution in [-0.2, 0) is 14.2 Å². The number of rotatable bonds is 4. The highest BCUT2D eigenvalue weighted by atomic mass is 16.8. The van der Waals surface area contributed by atoms with Gasteiger partial charge in [0.2, 0.25) is 0 Å². The van der Waals surface area contributed by atoms with Crippen molar-refractivity contribution in [1.29, 1.82) is 0 Å². The second-order valence-electron chi connectivity index (χ2n) is 3.96. The molecule has 0 aliphatic carbocycles. The van der Waals surface area contributed by atoms with Crippen LogP contribution >= 0.6 is 0 Å². The molecule has 14 heavy (non-hydrogen) atoms. The van der Waals surface area contributed by atoms with Gasteiger partial charge in [0, 0.05) is 6.42 Å². The Morgan fingerprint density at radius 3 is 3.07 bits per heavy atom. The Morgan fingerprint density at radius 2 is 2.57 bits per heavy atom. The van der Waals surface area contributed by atoms with Crippen LogP contribution in [-0.4, -0.2) is 25.1 Å². The maximum Gasteiger partial charge on any atom is 0.197 e. The molecule has 2 heterocycles. The molecule has 0 aromatic carbocycles. The Bertz CT molecular complexity index is 282. The summed E-state index contributed by atoms with van der Waals surface area (Å²) in [5, 5.41) is 0. The van der Waals surface area contributed by atoms with Gasteiger partial charge in [0.1, 0.15) is 18.5 Å². The largest absolute Gasteiger partial charge is 0.495 e. The zero-order valence-corrected chi connectivity index (χ0v) is 8.71. The van der Waals surface area contributed by atoms with E-state index in [4.69, 9.17) is 14.2 Å². The van der Waals surface area contributed by atoms with Gasteiger partial charge in [0.25, 0.3) is 0 Å². The molecular formula is C11H16O3. The lowest BCUT2D eigenvalue weighted by Gasteiger charge is -2.09. The summed E-state index contributed by atoms with van der Waals surface area (Å²) in [5.74, 6) is 0.445. The summed E-state index contributed by atoms with van der Waals surface area (Å²) in [6.07, 6.45) is 3.09. The minimum absolute atomic E-state index is 0.0458. The lowest BCUT2D eigenvalue weighted by Crippen LogP contribution is -2.17. The minimum Gasteiger partial charge on any atom is -0.495 e. The van der Waals surface area contributed by atoms with Crippen molar-refractivity contribution in [3.05, 3.63) is 24.0 Å². The Hall–Kier alpha value is -0.800. The van der Waals surface area contributed by atoms with Crippen molar-refractivity contribution in [2.24, 2.45) is 0 Å². The van der Waals surface area contributed by atoms with E-state index < -0.39 is 5.79 Å². The Labute approximate surface area is 84.3 Å². The van der Waals surface area contributed by atoms with Gasteiger partial charge in [-0.2, -0.15) is 0 Å². The number of ether oxygens (including phenoxy) is 3. The first-order valence-corrected chi connectivity index (χ1v) is 4.91. The number of epoxide rings is 1. The molecule has 0 spiro atoms. The van der Waals surface area contributed by atoms with Crippen LogP contribution in [0.3, 0.4) is 0 Å². The lowest BCUT2D eigenvalue weighted by atomic mass is 10.2.